The smallest absolute Gasteiger partial charge is 0.243 e. The molecule has 1 rings (SSSR count). The largest absolute Gasteiger partial charge is 0.368 e. The van der Waals surface area contributed by atoms with Crippen molar-refractivity contribution in [2.45, 2.75) is 78.4 Å². The minimum absolute atomic E-state index is 0.269. The highest BCUT2D eigenvalue weighted by atomic mass is 16.2. The number of primary amides is 1. The summed E-state index contributed by atoms with van der Waals surface area (Å²) in [5, 5.41) is 5.32. The first kappa shape index (κ1) is 31.9. The molecule has 1 aromatic rings. The highest BCUT2D eigenvalue weighted by Crippen LogP contribution is 2.07. The number of hydrogen-bond acceptors (Lipinski definition) is 5. The van der Waals surface area contributed by atoms with Crippen LogP contribution in [0.1, 0.15) is 59.4 Å². The Morgan fingerprint density at radius 1 is 0.892 bits per heavy atom. The number of aliphatic imine (C=N–C) groups is 1. The number of nitrogens with zero attached hydrogens (tertiary/aromatic N) is 3. The van der Waals surface area contributed by atoms with E-state index in [0.29, 0.717) is 13.0 Å². The standard InChI is InChI=1S/C27H47N7O3/c1-6-33(7-2)27(34(8-3)9-4)30-18-14-13-17-22(28)25(36)32-23(19-21-15-11-10-12-16-21)26(37)31-20(5)24(29)35/h10-12,15-16,20,22-23H,6-9,13-14,17-19,28H2,1-5H3,(H2,29,35)(H,31,37)(H,32,36)/t20-,22-,23-/m0/s1. The molecule has 10 heteroatoms. The highest BCUT2D eigenvalue weighted by molar-refractivity contribution is 5.92. The number of benzene rings is 1. The van der Waals surface area contributed by atoms with Crippen LogP contribution in [0.5, 0.6) is 0 Å². The van der Waals surface area contributed by atoms with Crippen LogP contribution in [0.4, 0.5) is 0 Å². The van der Waals surface area contributed by atoms with E-state index < -0.39 is 35.8 Å². The summed E-state index contributed by atoms with van der Waals surface area (Å²) in [6.07, 6.45) is 2.28. The Hall–Kier alpha value is -3.14. The zero-order valence-electron chi connectivity index (χ0n) is 23.2. The lowest BCUT2D eigenvalue weighted by molar-refractivity contribution is -0.131. The molecule has 37 heavy (non-hydrogen) atoms. The molecule has 0 bridgehead atoms. The van der Waals surface area contributed by atoms with E-state index in [1.54, 1.807) is 0 Å². The summed E-state index contributed by atoms with van der Waals surface area (Å²) in [6.45, 7) is 14.2. The van der Waals surface area contributed by atoms with Gasteiger partial charge in [-0.1, -0.05) is 30.3 Å². The second-order valence-corrected chi connectivity index (χ2v) is 9.01. The van der Waals surface area contributed by atoms with Crippen molar-refractivity contribution in [1.29, 1.82) is 0 Å². The molecule has 0 aromatic heterocycles. The summed E-state index contributed by atoms with van der Waals surface area (Å²) in [4.78, 5) is 46.4. The molecule has 6 N–H and O–H groups in total. The molecular formula is C27H47N7O3. The second kappa shape index (κ2) is 17.3. The fourth-order valence-corrected chi connectivity index (χ4v) is 3.92. The first-order valence-electron chi connectivity index (χ1n) is 13.4. The molecule has 0 radical (unpaired) electrons. The Labute approximate surface area is 222 Å². The second-order valence-electron chi connectivity index (χ2n) is 9.01. The summed E-state index contributed by atoms with van der Waals surface area (Å²) in [6, 6.07) is 6.85. The maximum atomic E-state index is 12.8. The van der Waals surface area contributed by atoms with E-state index in [-0.39, 0.29) is 6.42 Å². The van der Waals surface area contributed by atoms with Crippen LogP contribution in [0, 0.1) is 0 Å². The molecule has 0 saturated carbocycles. The summed E-state index contributed by atoms with van der Waals surface area (Å²) < 4.78 is 0. The van der Waals surface area contributed by atoms with Crippen LogP contribution in [0.2, 0.25) is 0 Å². The third-order valence-corrected chi connectivity index (χ3v) is 6.31. The zero-order chi connectivity index (χ0) is 27.8. The van der Waals surface area contributed by atoms with Crippen LogP contribution in [-0.4, -0.2) is 84.3 Å². The predicted molar refractivity (Wildman–Crippen MR) is 149 cm³/mol. The normalized spacial score (nSPS) is 13.1. The maximum Gasteiger partial charge on any atom is 0.243 e. The highest BCUT2D eigenvalue weighted by Gasteiger charge is 2.26. The summed E-state index contributed by atoms with van der Waals surface area (Å²) >= 11 is 0. The van der Waals surface area contributed by atoms with E-state index in [0.717, 1.165) is 50.5 Å². The first-order valence-corrected chi connectivity index (χ1v) is 13.4. The van der Waals surface area contributed by atoms with Gasteiger partial charge in [0.25, 0.3) is 0 Å². The van der Waals surface area contributed by atoms with Crippen LogP contribution < -0.4 is 22.1 Å². The first-order chi connectivity index (χ1) is 17.7. The molecular weight excluding hydrogens is 470 g/mol. The van der Waals surface area contributed by atoms with Crippen LogP contribution in [0.25, 0.3) is 0 Å². The van der Waals surface area contributed by atoms with Gasteiger partial charge in [0, 0.05) is 39.1 Å². The molecule has 0 fully saturated rings. The van der Waals surface area contributed by atoms with E-state index in [9.17, 15) is 14.4 Å². The molecule has 0 saturated heterocycles. The molecule has 10 nitrogen and oxygen atoms in total. The van der Waals surface area contributed by atoms with Gasteiger partial charge in [0.2, 0.25) is 17.7 Å². The number of amides is 3. The van der Waals surface area contributed by atoms with Gasteiger partial charge in [0.1, 0.15) is 12.1 Å². The van der Waals surface area contributed by atoms with Crippen molar-refractivity contribution >= 4 is 23.7 Å². The third-order valence-electron chi connectivity index (χ3n) is 6.31. The van der Waals surface area contributed by atoms with Crippen molar-refractivity contribution in [3.8, 4) is 0 Å². The number of nitrogens with two attached hydrogens (primary N) is 2. The van der Waals surface area contributed by atoms with Crippen molar-refractivity contribution in [2.24, 2.45) is 16.5 Å². The van der Waals surface area contributed by atoms with E-state index in [4.69, 9.17) is 16.5 Å². The Morgan fingerprint density at radius 3 is 1.97 bits per heavy atom. The Balaban J connectivity index is 2.72. The molecule has 0 aliphatic rings. The lowest BCUT2D eigenvalue weighted by atomic mass is 10.0. The number of hydrogen-bond donors (Lipinski definition) is 4. The van der Waals surface area contributed by atoms with Gasteiger partial charge in [-0.2, -0.15) is 0 Å². The number of nitrogens with one attached hydrogen (secondary N) is 2. The zero-order valence-corrected chi connectivity index (χ0v) is 23.2. The van der Waals surface area contributed by atoms with Crippen molar-refractivity contribution in [3.05, 3.63) is 35.9 Å². The van der Waals surface area contributed by atoms with E-state index in [1.807, 2.05) is 30.3 Å². The van der Waals surface area contributed by atoms with Gasteiger partial charge in [-0.05, 0) is 59.4 Å². The van der Waals surface area contributed by atoms with Gasteiger partial charge in [0.05, 0.1) is 6.04 Å². The maximum absolute atomic E-state index is 12.8. The molecule has 208 valence electrons. The summed E-state index contributed by atoms with van der Waals surface area (Å²) in [5.41, 5.74) is 12.3. The molecule has 0 aliphatic heterocycles. The lowest BCUT2D eigenvalue weighted by Crippen LogP contribution is -2.55. The van der Waals surface area contributed by atoms with Crippen LogP contribution in [0.3, 0.4) is 0 Å². The molecule has 0 spiro atoms. The monoisotopic (exact) mass is 517 g/mol. The van der Waals surface area contributed by atoms with Crippen molar-refractivity contribution in [2.75, 3.05) is 32.7 Å². The predicted octanol–water partition coefficient (Wildman–Crippen LogP) is 1.24. The van der Waals surface area contributed by atoms with E-state index in [1.165, 1.54) is 6.92 Å². The third kappa shape index (κ3) is 11.2. The number of unbranched alkanes of at least 4 members (excludes halogenated alkanes) is 1. The molecule has 1 aromatic carbocycles. The lowest BCUT2D eigenvalue weighted by Gasteiger charge is -2.32. The van der Waals surface area contributed by atoms with Gasteiger partial charge < -0.3 is 31.9 Å². The average Bonchev–Trinajstić information content (AvgIpc) is 2.89. The SMILES string of the molecule is CCN(CC)C(=NCCCC[C@H](N)C(=O)N[C@@H](Cc1ccccc1)C(=O)N[C@@H](C)C(N)=O)N(CC)CC. The summed E-state index contributed by atoms with van der Waals surface area (Å²) in [5.74, 6) is -0.525. The van der Waals surface area contributed by atoms with Gasteiger partial charge in [-0.25, -0.2) is 0 Å². The van der Waals surface area contributed by atoms with E-state index >= 15 is 0 Å². The number of carbonyl (C=O) groups is 3. The number of rotatable bonds is 16. The fraction of sp³-hybridized carbons (Fsp3) is 0.630. The Kier molecular flexibility index (Phi) is 14.9. The van der Waals surface area contributed by atoms with Crippen molar-refractivity contribution < 1.29 is 14.4 Å². The fourth-order valence-electron chi connectivity index (χ4n) is 3.92. The Morgan fingerprint density at radius 2 is 1.46 bits per heavy atom. The van der Waals surface area contributed by atoms with Crippen molar-refractivity contribution in [3.63, 3.8) is 0 Å². The minimum Gasteiger partial charge on any atom is -0.368 e. The molecule has 0 unspecified atom stereocenters. The van der Waals surface area contributed by atoms with Gasteiger partial charge in [-0.15, -0.1) is 0 Å². The molecule has 3 amide bonds. The van der Waals surface area contributed by atoms with Crippen LogP contribution in [-0.2, 0) is 20.8 Å². The van der Waals surface area contributed by atoms with Gasteiger partial charge in [0.15, 0.2) is 5.96 Å². The quantitative estimate of drug-likeness (QED) is 0.147. The van der Waals surface area contributed by atoms with Crippen molar-refractivity contribution in [1.82, 2.24) is 20.4 Å². The Bertz CT molecular complexity index is 841. The topological polar surface area (TPSA) is 146 Å². The number of carbonyl (C=O) groups excluding carboxylic acids is 3. The molecule has 0 heterocycles. The molecule has 3 atom stereocenters. The van der Waals surface area contributed by atoms with Gasteiger partial charge >= 0.3 is 0 Å². The van der Waals surface area contributed by atoms with Crippen LogP contribution in [0.15, 0.2) is 35.3 Å². The van der Waals surface area contributed by atoms with Crippen LogP contribution >= 0.6 is 0 Å². The summed E-state index contributed by atoms with van der Waals surface area (Å²) in [7, 11) is 0. The minimum atomic E-state index is -0.877. The van der Waals surface area contributed by atoms with Gasteiger partial charge in [-0.3, -0.25) is 19.4 Å². The number of guanidine groups is 1. The molecule has 0 aliphatic carbocycles. The average molecular weight is 518 g/mol. The van der Waals surface area contributed by atoms with E-state index in [2.05, 4.69) is 48.1 Å².